The van der Waals surface area contributed by atoms with Gasteiger partial charge in [0.15, 0.2) is 0 Å². The van der Waals surface area contributed by atoms with E-state index in [-0.39, 0.29) is 31.2 Å². The van der Waals surface area contributed by atoms with Crippen molar-refractivity contribution in [1.82, 2.24) is 5.32 Å². The fourth-order valence-corrected chi connectivity index (χ4v) is 4.34. The Hall–Kier alpha value is -1.90. The molecule has 2 N–H and O–H groups in total. The van der Waals surface area contributed by atoms with E-state index in [1.54, 1.807) is 0 Å². The summed E-state index contributed by atoms with van der Waals surface area (Å²) in [5.41, 5.74) is -3.87. The minimum atomic E-state index is -4.92. The second-order valence-corrected chi connectivity index (χ2v) is 8.27. The number of benzene rings is 2. The highest BCUT2D eigenvalue weighted by Gasteiger charge is 2.44. The van der Waals surface area contributed by atoms with Crippen molar-refractivity contribution in [2.45, 2.75) is 49.7 Å². The van der Waals surface area contributed by atoms with E-state index in [0.717, 1.165) is 18.2 Å². The van der Waals surface area contributed by atoms with Gasteiger partial charge in [-0.3, -0.25) is 4.79 Å². The molecule has 0 radical (unpaired) electrons. The molecule has 0 saturated heterocycles. The first-order valence-electron chi connectivity index (χ1n) is 9.41. The van der Waals surface area contributed by atoms with Crippen molar-refractivity contribution in [3.8, 4) is 0 Å². The number of amides is 1. The third-order valence-electron chi connectivity index (χ3n) is 5.43. The standard InChI is InChI=1S/C21H18Cl2F5NO2/c22-14-5-1-3-12(16(14)21(26,27)28)19(30)29-18(13-4-2-6-15(25)17(13)23)20(31)9-7-11(24)8-10-20/h1-6,11,18,31H,7-10H2,(H,29,30)/t11-,18?,20+. The van der Waals surface area contributed by atoms with Crippen LogP contribution < -0.4 is 5.32 Å². The lowest BCUT2D eigenvalue weighted by Crippen LogP contribution is -2.49. The number of carbonyl (C=O) groups excluding carboxylic acids is 1. The molecule has 3 rings (SSSR count). The molecule has 3 nitrogen and oxygen atoms in total. The Morgan fingerprint density at radius 2 is 1.74 bits per heavy atom. The summed E-state index contributed by atoms with van der Waals surface area (Å²) < 4.78 is 68.2. The molecule has 1 unspecified atom stereocenters. The van der Waals surface area contributed by atoms with Crippen LogP contribution in [0.2, 0.25) is 10.0 Å². The van der Waals surface area contributed by atoms with Crippen molar-refractivity contribution in [3.05, 3.63) is 69.0 Å². The summed E-state index contributed by atoms with van der Waals surface area (Å²) in [6, 6.07) is 5.44. The molecule has 1 aliphatic carbocycles. The summed E-state index contributed by atoms with van der Waals surface area (Å²) in [5.74, 6) is -2.02. The molecule has 0 bridgehead atoms. The van der Waals surface area contributed by atoms with Crippen LogP contribution in [-0.4, -0.2) is 22.8 Å². The molecule has 0 heterocycles. The first-order chi connectivity index (χ1) is 14.4. The van der Waals surface area contributed by atoms with Crippen LogP contribution in [0, 0.1) is 5.82 Å². The van der Waals surface area contributed by atoms with Gasteiger partial charge in [-0.2, -0.15) is 13.2 Å². The van der Waals surface area contributed by atoms with Crippen LogP contribution >= 0.6 is 23.2 Å². The highest BCUT2D eigenvalue weighted by molar-refractivity contribution is 6.32. The van der Waals surface area contributed by atoms with Crippen LogP contribution in [0.25, 0.3) is 0 Å². The second-order valence-electron chi connectivity index (χ2n) is 7.49. The molecule has 1 atom stereocenters. The number of nitrogens with one attached hydrogen (secondary N) is 1. The van der Waals surface area contributed by atoms with Crippen LogP contribution in [0.3, 0.4) is 0 Å². The Labute approximate surface area is 185 Å². The lowest BCUT2D eigenvalue weighted by atomic mass is 9.76. The maximum absolute atomic E-state index is 14.1. The molecule has 1 fully saturated rings. The number of aliphatic hydroxyl groups is 1. The molecule has 1 saturated carbocycles. The monoisotopic (exact) mass is 481 g/mol. The average molecular weight is 482 g/mol. The summed E-state index contributed by atoms with van der Waals surface area (Å²) in [6.45, 7) is 0. The molecule has 0 aliphatic heterocycles. The van der Waals surface area contributed by atoms with Gasteiger partial charge in [-0.1, -0.05) is 41.4 Å². The van der Waals surface area contributed by atoms with E-state index in [9.17, 15) is 31.9 Å². The topological polar surface area (TPSA) is 49.3 Å². The van der Waals surface area contributed by atoms with Gasteiger partial charge in [0.25, 0.3) is 5.91 Å². The molecule has 2 aromatic rings. The first-order valence-corrected chi connectivity index (χ1v) is 10.2. The van der Waals surface area contributed by atoms with E-state index in [1.165, 1.54) is 18.2 Å². The predicted octanol–water partition coefficient (Wildman–Crippen LogP) is 6.27. The zero-order chi connectivity index (χ0) is 23.0. The molecule has 1 amide bonds. The van der Waals surface area contributed by atoms with Crippen LogP contribution in [-0.2, 0) is 6.18 Å². The third-order valence-corrected chi connectivity index (χ3v) is 6.14. The zero-order valence-electron chi connectivity index (χ0n) is 15.9. The summed E-state index contributed by atoms with van der Waals surface area (Å²) in [5, 5.41) is 12.5. The molecule has 0 aromatic heterocycles. The van der Waals surface area contributed by atoms with Gasteiger partial charge in [-0.25, -0.2) is 8.78 Å². The smallest absolute Gasteiger partial charge is 0.387 e. The largest absolute Gasteiger partial charge is 0.418 e. The summed E-state index contributed by atoms with van der Waals surface area (Å²) in [7, 11) is 0. The van der Waals surface area contributed by atoms with E-state index in [2.05, 4.69) is 5.32 Å². The van der Waals surface area contributed by atoms with Crippen molar-refractivity contribution in [3.63, 3.8) is 0 Å². The van der Waals surface area contributed by atoms with Crippen LogP contribution in [0.4, 0.5) is 22.0 Å². The van der Waals surface area contributed by atoms with Crippen molar-refractivity contribution in [1.29, 1.82) is 0 Å². The van der Waals surface area contributed by atoms with E-state index >= 15 is 0 Å². The molecular weight excluding hydrogens is 464 g/mol. The lowest BCUT2D eigenvalue weighted by molar-refractivity contribution is -0.137. The number of rotatable bonds is 4. The predicted molar refractivity (Wildman–Crippen MR) is 106 cm³/mol. The van der Waals surface area contributed by atoms with Gasteiger partial charge < -0.3 is 10.4 Å². The van der Waals surface area contributed by atoms with Crippen molar-refractivity contribution >= 4 is 29.1 Å². The molecule has 168 valence electrons. The molecule has 0 spiro atoms. The maximum atomic E-state index is 14.1. The normalized spacial score (nSPS) is 22.8. The van der Waals surface area contributed by atoms with Gasteiger partial charge in [0, 0.05) is 0 Å². The van der Waals surface area contributed by atoms with Crippen LogP contribution in [0.15, 0.2) is 36.4 Å². The highest BCUT2D eigenvalue weighted by atomic mass is 35.5. The van der Waals surface area contributed by atoms with E-state index in [0.29, 0.717) is 0 Å². The number of hydrogen-bond acceptors (Lipinski definition) is 2. The fourth-order valence-electron chi connectivity index (χ4n) is 3.83. The molecular formula is C21H18Cl2F5NO2. The number of hydrogen-bond donors (Lipinski definition) is 2. The Kier molecular flexibility index (Phi) is 6.84. The number of halogens is 7. The lowest BCUT2D eigenvalue weighted by Gasteiger charge is -2.41. The van der Waals surface area contributed by atoms with E-state index < -0.39 is 56.9 Å². The molecule has 31 heavy (non-hydrogen) atoms. The minimum Gasteiger partial charge on any atom is -0.387 e. The number of alkyl halides is 4. The summed E-state index contributed by atoms with van der Waals surface area (Å²) in [4.78, 5) is 12.9. The van der Waals surface area contributed by atoms with Crippen molar-refractivity contribution in [2.24, 2.45) is 0 Å². The zero-order valence-corrected chi connectivity index (χ0v) is 17.5. The second kappa shape index (κ2) is 8.92. The van der Waals surface area contributed by atoms with Crippen LogP contribution in [0.1, 0.15) is 53.2 Å². The Morgan fingerprint density at radius 1 is 1.13 bits per heavy atom. The van der Waals surface area contributed by atoms with Gasteiger partial charge in [-0.15, -0.1) is 0 Å². The fraction of sp³-hybridized carbons (Fsp3) is 0.381. The minimum absolute atomic E-state index is 0.0228. The quantitative estimate of drug-likeness (QED) is 0.505. The summed E-state index contributed by atoms with van der Waals surface area (Å²) in [6.07, 6.45) is -6.34. The average Bonchev–Trinajstić information content (AvgIpc) is 2.69. The van der Waals surface area contributed by atoms with Gasteiger partial charge in [0.2, 0.25) is 0 Å². The van der Waals surface area contributed by atoms with Gasteiger partial charge >= 0.3 is 6.18 Å². The maximum Gasteiger partial charge on any atom is 0.418 e. The van der Waals surface area contributed by atoms with E-state index in [4.69, 9.17) is 23.2 Å². The van der Waals surface area contributed by atoms with Crippen molar-refractivity contribution in [2.75, 3.05) is 0 Å². The van der Waals surface area contributed by atoms with E-state index in [1.807, 2.05) is 0 Å². The molecule has 2 aromatic carbocycles. The Bertz CT molecular complexity index is 975. The molecule has 1 aliphatic rings. The van der Waals surface area contributed by atoms with Gasteiger partial charge in [-0.05, 0) is 49.4 Å². The highest BCUT2D eigenvalue weighted by Crippen LogP contribution is 2.43. The van der Waals surface area contributed by atoms with Crippen molar-refractivity contribution < 1.29 is 31.9 Å². The first kappa shape index (κ1) is 23.8. The third kappa shape index (κ3) is 4.96. The summed E-state index contributed by atoms with van der Waals surface area (Å²) >= 11 is 11.7. The van der Waals surface area contributed by atoms with Gasteiger partial charge in [0.1, 0.15) is 12.0 Å². The Balaban J connectivity index is 2.05. The van der Waals surface area contributed by atoms with Crippen LogP contribution in [0.5, 0.6) is 0 Å². The van der Waals surface area contributed by atoms with Gasteiger partial charge in [0.05, 0.1) is 32.8 Å². The SMILES string of the molecule is O=C(NC(c1cccc(F)c1Cl)[C@]1(O)CC[C@@H](F)CC1)c1cccc(Cl)c1C(F)(F)F. The Morgan fingerprint density at radius 3 is 2.35 bits per heavy atom. The number of carbonyl (C=O) groups is 1. The molecule has 10 heteroatoms.